The average molecular weight is 260 g/mol. The maximum absolute atomic E-state index is 12.1. The number of hydrogen-bond donors (Lipinski definition) is 4. The highest BCUT2D eigenvalue weighted by molar-refractivity contribution is 5.92. The van der Waals surface area contributed by atoms with Gasteiger partial charge in [0.2, 0.25) is 0 Å². The summed E-state index contributed by atoms with van der Waals surface area (Å²) in [6, 6.07) is 4.86. The van der Waals surface area contributed by atoms with Gasteiger partial charge in [-0.05, 0) is 18.6 Å². The fourth-order valence-electron chi connectivity index (χ4n) is 1.71. The molecule has 2 aromatic heterocycles. The Morgan fingerprint density at radius 3 is 3.00 bits per heavy atom. The number of aromatic amines is 1. The van der Waals surface area contributed by atoms with Crippen molar-refractivity contribution in [3.8, 4) is 0 Å². The summed E-state index contributed by atoms with van der Waals surface area (Å²) in [6.07, 6.45) is 4.11. The number of nitrogens with one attached hydrogen (secondary N) is 3. The first kappa shape index (κ1) is 13.0. The number of anilines is 1. The van der Waals surface area contributed by atoms with Crippen LogP contribution in [0.1, 0.15) is 35.7 Å². The minimum Gasteiger partial charge on any atom is -0.347 e. The lowest BCUT2D eigenvalue weighted by Crippen LogP contribution is -2.29. The highest BCUT2D eigenvalue weighted by Gasteiger charge is 2.16. The number of amides is 1. The molecule has 0 aliphatic carbocycles. The van der Waals surface area contributed by atoms with Crippen molar-refractivity contribution in [2.24, 2.45) is 5.84 Å². The standard InChI is InChI=1S/C12H16N6O/c1-2-8(11-14-6-7-15-11)17-12(19)9-4-3-5-10(16-9)18-13/h3-8H,2,13H2,1H3,(H,14,15)(H,16,18)(H,17,19). The van der Waals surface area contributed by atoms with E-state index in [0.717, 1.165) is 12.2 Å². The number of nitrogen functional groups attached to an aromatic ring is 1. The Bertz CT molecular complexity index is 539. The summed E-state index contributed by atoms with van der Waals surface area (Å²) in [6.45, 7) is 1.97. The number of pyridine rings is 1. The van der Waals surface area contributed by atoms with Crippen LogP contribution in [0.4, 0.5) is 5.82 Å². The summed E-state index contributed by atoms with van der Waals surface area (Å²) in [5.74, 6) is 6.17. The molecule has 2 rings (SSSR count). The van der Waals surface area contributed by atoms with Crippen LogP contribution in [0, 0.1) is 0 Å². The van der Waals surface area contributed by atoms with Crippen molar-refractivity contribution in [1.82, 2.24) is 20.3 Å². The molecule has 0 spiro atoms. The van der Waals surface area contributed by atoms with Crippen LogP contribution < -0.4 is 16.6 Å². The van der Waals surface area contributed by atoms with Gasteiger partial charge in [0.05, 0.1) is 6.04 Å². The molecule has 0 saturated carbocycles. The smallest absolute Gasteiger partial charge is 0.270 e. The molecule has 1 atom stereocenters. The SMILES string of the molecule is CCC(NC(=O)c1cccc(NN)n1)c1ncc[nH]1. The van der Waals surface area contributed by atoms with E-state index in [4.69, 9.17) is 5.84 Å². The first-order chi connectivity index (χ1) is 9.24. The highest BCUT2D eigenvalue weighted by Crippen LogP contribution is 2.12. The molecule has 5 N–H and O–H groups in total. The van der Waals surface area contributed by atoms with Crippen LogP contribution in [0.5, 0.6) is 0 Å². The molecule has 7 nitrogen and oxygen atoms in total. The number of H-pyrrole nitrogens is 1. The Morgan fingerprint density at radius 1 is 1.53 bits per heavy atom. The second-order valence-electron chi connectivity index (χ2n) is 3.96. The fraction of sp³-hybridized carbons (Fsp3) is 0.250. The zero-order chi connectivity index (χ0) is 13.7. The van der Waals surface area contributed by atoms with E-state index in [0.29, 0.717) is 11.5 Å². The van der Waals surface area contributed by atoms with E-state index >= 15 is 0 Å². The highest BCUT2D eigenvalue weighted by atomic mass is 16.1. The molecule has 2 aromatic rings. The first-order valence-corrected chi connectivity index (χ1v) is 5.98. The van der Waals surface area contributed by atoms with Gasteiger partial charge in [-0.25, -0.2) is 15.8 Å². The Balaban J connectivity index is 2.11. The number of aromatic nitrogens is 3. The number of hydrogen-bond acceptors (Lipinski definition) is 5. The van der Waals surface area contributed by atoms with E-state index in [2.05, 4.69) is 25.7 Å². The number of hydrazine groups is 1. The van der Waals surface area contributed by atoms with Gasteiger partial charge in [-0.2, -0.15) is 0 Å². The lowest BCUT2D eigenvalue weighted by Gasteiger charge is -2.14. The molecule has 1 unspecified atom stereocenters. The quantitative estimate of drug-likeness (QED) is 0.473. The van der Waals surface area contributed by atoms with Crippen LogP contribution in [-0.2, 0) is 0 Å². The molecule has 0 aliphatic rings. The lowest BCUT2D eigenvalue weighted by molar-refractivity contribution is 0.0929. The third kappa shape index (κ3) is 3.08. The fourth-order valence-corrected chi connectivity index (χ4v) is 1.71. The van der Waals surface area contributed by atoms with Crippen molar-refractivity contribution >= 4 is 11.7 Å². The summed E-state index contributed by atoms with van der Waals surface area (Å²) in [5.41, 5.74) is 2.71. The summed E-state index contributed by atoms with van der Waals surface area (Å²) >= 11 is 0. The molecule has 2 heterocycles. The van der Waals surface area contributed by atoms with Crippen LogP contribution in [0.25, 0.3) is 0 Å². The molecule has 0 radical (unpaired) electrons. The Labute approximate surface area is 110 Å². The van der Waals surface area contributed by atoms with Gasteiger partial charge in [0.15, 0.2) is 0 Å². The third-order valence-electron chi connectivity index (χ3n) is 2.69. The van der Waals surface area contributed by atoms with E-state index in [9.17, 15) is 4.79 Å². The van der Waals surface area contributed by atoms with E-state index in [1.165, 1.54) is 0 Å². The molecule has 0 fully saturated rings. The summed E-state index contributed by atoms with van der Waals surface area (Å²) < 4.78 is 0. The minimum absolute atomic E-state index is 0.168. The molecule has 0 saturated heterocycles. The summed E-state index contributed by atoms with van der Waals surface area (Å²) in [7, 11) is 0. The number of nitrogens with two attached hydrogens (primary N) is 1. The van der Waals surface area contributed by atoms with Crippen LogP contribution in [0.15, 0.2) is 30.6 Å². The Hall–Kier alpha value is -2.41. The van der Waals surface area contributed by atoms with Crippen molar-refractivity contribution in [1.29, 1.82) is 0 Å². The molecule has 0 aliphatic heterocycles. The largest absolute Gasteiger partial charge is 0.347 e. The van der Waals surface area contributed by atoms with E-state index in [-0.39, 0.29) is 11.9 Å². The van der Waals surface area contributed by atoms with Gasteiger partial charge in [-0.15, -0.1) is 0 Å². The molecule has 19 heavy (non-hydrogen) atoms. The zero-order valence-electron chi connectivity index (χ0n) is 10.6. The van der Waals surface area contributed by atoms with Gasteiger partial charge in [-0.1, -0.05) is 13.0 Å². The van der Waals surface area contributed by atoms with Crippen molar-refractivity contribution in [2.75, 3.05) is 5.43 Å². The van der Waals surface area contributed by atoms with Gasteiger partial charge in [0.1, 0.15) is 17.3 Å². The molecule has 100 valence electrons. The van der Waals surface area contributed by atoms with Gasteiger partial charge < -0.3 is 15.7 Å². The van der Waals surface area contributed by atoms with Gasteiger partial charge >= 0.3 is 0 Å². The maximum Gasteiger partial charge on any atom is 0.270 e. The Morgan fingerprint density at radius 2 is 2.37 bits per heavy atom. The molecule has 0 bridgehead atoms. The molecule has 1 amide bonds. The summed E-state index contributed by atoms with van der Waals surface area (Å²) in [4.78, 5) is 23.3. The van der Waals surface area contributed by atoms with Crippen LogP contribution >= 0.6 is 0 Å². The lowest BCUT2D eigenvalue weighted by atomic mass is 10.2. The molecular weight excluding hydrogens is 244 g/mol. The van der Waals surface area contributed by atoms with Gasteiger partial charge in [-0.3, -0.25) is 4.79 Å². The number of carbonyl (C=O) groups excluding carboxylic acids is 1. The van der Waals surface area contributed by atoms with E-state index < -0.39 is 0 Å². The zero-order valence-corrected chi connectivity index (χ0v) is 10.6. The number of nitrogens with zero attached hydrogens (tertiary/aromatic N) is 2. The van der Waals surface area contributed by atoms with Crippen molar-refractivity contribution in [2.45, 2.75) is 19.4 Å². The topological polar surface area (TPSA) is 109 Å². The first-order valence-electron chi connectivity index (χ1n) is 5.98. The predicted octanol–water partition coefficient (Wildman–Crippen LogP) is 0.971. The van der Waals surface area contributed by atoms with E-state index in [1.54, 1.807) is 30.6 Å². The van der Waals surface area contributed by atoms with Crippen LogP contribution in [-0.4, -0.2) is 20.9 Å². The predicted molar refractivity (Wildman–Crippen MR) is 71.1 cm³/mol. The average Bonchev–Trinajstić information content (AvgIpc) is 2.98. The third-order valence-corrected chi connectivity index (χ3v) is 2.69. The van der Waals surface area contributed by atoms with Crippen LogP contribution in [0.3, 0.4) is 0 Å². The number of carbonyl (C=O) groups is 1. The summed E-state index contributed by atoms with van der Waals surface area (Å²) in [5, 5.41) is 2.87. The van der Waals surface area contributed by atoms with Gasteiger partial charge in [0.25, 0.3) is 5.91 Å². The Kier molecular flexibility index (Phi) is 4.09. The molecule has 7 heteroatoms. The number of imidazole rings is 1. The van der Waals surface area contributed by atoms with Crippen molar-refractivity contribution in [3.63, 3.8) is 0 Å². The second-order valence-corrected chi connectivity index (χ2v) is 3.96. The van der Waals surface area contributed by atoms with Crippen LogP contribution in [0.2, 0.25) is 0 Å². The van der Waals surface area contributed by atoms with E-state index in [1.807, 2.05) is 6.92 Å². The number of rotatable bonds is 5. The second kappa shape index (κ2) is 5.96. The van der Waals surface area contributed by atoms with Crippen molar-refractivity contribution in [3.05, 3.63) is 42.1 Å². The van der Waals surface area contributed by atoms with Crippen molar-refractivity contribution < 1.29 is 4.79 Å². The monoisotopic (exact) mass is 260 g/mol. The maximum atomic E-state index is 12.1. The normalized spacial score (nSPS) is 11.9. The molecular formula is C12H16N6O. The minimum atomic E-state index is -0.264. The molecule has 0 aromatic carbocycles. The van der Waals surface area contributed by atoms with Gasteiger partial charge in [0, 0.05) is 12.4 Å².